The summed E-state index contributed by atoms with van der Waals surface area (Å²) in [6, 6.07) is 13.6. The van der Waals surface area contributed by atoms with Crippen LogP contribution in [0.4, 0.5) is 0 Å². The summed E-state index contributed by atoms with van der Waals surface area (Å²) in [5.74, 6) is 0.879. The second-order valence-electron chi connectivity index (χ2n) is 5.18. The number of amides is 1. The first-order chi connectivity index (χ1) is 11.6. The minimum Gasteiger partial charge on any atom is -0.454 e. The number of hydrogen-bond donors (Lipinski definition) is 3. The highest BCUT2D eigenvalue weighted by atomic mass is 127. The minimum absolute atomic E-state index is 0. The van der Waals surface area contributed by atoms with Crippen LogP contribution in [0.1, 0.15) is 23.2 Å². The fraction of sp³-hybridized carbons (Fsp3) is 0.294. The Kier molecular flexibility index (Phi) is 9.43. The van der Waals surface area contributed by atoms with Crippen molar-refractivity contribution < 1.29 is 9.21 Å². The predicted octanol–water partition coefficient (Wildman–Crippen LogP) is 2.84. The van der Waals surface area contributed by atoms with Gasteiger partial charge in [0, 0.05) is 23.7 Å². The third-order valence-corrected chi connectivity index (χ3v) is 4.31. The van der Waals surface area contributed by atoms with Gasteiger partial charge in [-0.2, -0.15) is 0 Å². The lowest BCUT2D eigenvalue weighted by Gasteiger charge is -2.15. The van der Waals surface area contributed by atoms with Gasteiger partial charge >= 0.3 is 0 Å². The molecule has 6 nitrogen and oxygen atoms in total. The number of nitrogens with one attached hydrogen (secondary N) is 2. The number of halogens is 1. The molecule has 1 unspecified atom stereocenters. The monoisotopic (exact) mass is 474 g/mol. The first-order valence-electron chi connectivity index (χ1n) is 7.63. The van der Waals surface area contributed by atoms with Crippen molar-refractivity contribution in [3.8, 4) is 0 Å². The maximum absolute atomic E-state index is 11.0. The molecular formula is C17H23IN4O2S. The lowest BCUT2D eigenvalue weighted by molar-refractivity contribution is 0.0972. The Bertz CT molecular complexity index is 691. The third-order valence-electron chi connectivity index (χ3n) is 3.20. The average Bonchev–Trinajstić information content (AvgIpc) is 3.05. The topological polar surface area (TPSA) is 92.6 Å². The third kappa shape index (κ3) is 7.39. The standard InChI is InChI=1S/C17H22N4O2S.HI/c1-12(24-14-6-4-3-5-7-14)10-20-17(19-2)21-11-13-8-9-15(23-13)16(18)22;/h3-9,12H,10-11H2,1-2H3,(H2,18,22)(H2,19,20,21);1H. The summed E-state index contributed by atoms with van der Waals surface area (Å²) in [7, 11) is 1.71. The van der Waals surface area contributed by atoms with Gasteiger partial charge in [0.05, 0.1) is 6.54 Å². The van der Waals surface area contributed by atoms with Gasteiger partial charge in [0.1, 0.15) is 5.76 Å². The van der Waals surface area contributed by atoms with Gasteiger partial charge in [0.15, 0.2) is 11.7 Å². The normalized spacial score (nSPS) is 12.2. The maximum atomic E-state index is 11.0. The summed E-state index contributed by atoms with van der Waals surface area (Å²) in [6.07, 6.45) is 0. The zero-order valence-electron chi connectivity index (χ0n) is 14.2. The van der Waals surface area contributed by atoms with Crippen molar-refractivity contribution in [3.05, 3.63) is 54.0 Å². The number of primary amides is 1. The van der Waals surface area contributed by atoms with E-state index < -0.39 is 5.91 Å². The van der Waals surface area contributed by atoms with Gasteiger partial charge in [-0.1, -0.05) is 25.1 Å². The van der Waals surface area contributed by atoms with Gasteiger partial charge in [-0.15, -0.1) is 35.7 Å². The number of benzene rings is 1. The number of hydrogen-bond acceptors (Lipinski definition) is 4. The van der Waals surface area contributed by atoms with E-state index in [1.54, 1.807) is 30.9 Å². The molecule has 0 bridgehead atoms. The Labute approximate surface area is 169 Å². The van der Waals surface area contributed by atoms with Crippen LogP contribution in [-0.2, 0) is 6.54 Å². The van der Waals surface area contributed by atoms with Crippen molar-refractivity contribution >= 4 is 47.6 Å². The van der Waals surface area contributed by atoms with Crippen molar-refractivity contribution in [2.75, 3.05) is 13.6 Å². The molecule has 0 aliphatic carbocycles. The Hall–Kier alpha value is -1.68. The summed E-state index contributed by atoms with van der Waals surface area (Å²) in [4.78, 5) is 16.4. The number of nitrogens with two attached hydrogens (primary N) is 1. The second-order valence-corrected chi connectivity index (χ2v) is 6.69. The van der Waals surface area contributed by atoms with Crippen LogP contribution in [-0.4, -0.2) is 30.7 Å². The number of carbonyl (C=O) groups is 1. The molecule has 0 aliphatic heterocycles. The molecule has 0 fully saturated rings. The van der Waals surface area contributed by atoms with Gasteiger partial charge in [-0.3, -0.25) is 9.79 Å². The highest BCUT2D eigenvalue weighted by Gasteiger charge is 2.09. The number of nitrogens with zero attached hydrogens (tertiary/aromatic N) is 1. The molecule has 1 heterocycles. The molecule has 0 saturated heterocycles. The van der Waals surface area contributed by atoms with Gasteiger partial charge in [-0.05, 0) is 24.3 Å². The summed E-state index contributed by atoms with van der Waals surface area (Å²) < 4.78 is 5.32. The van der Waals surface area contributed by atoms with Crippen LogP contribution in [0.5, 0.6) is 0 Å². The molecule has 136 valence electrons. The molecule has 8 heteroatoms. The molecule has 0 saturated carbocycles. The van der Waals surface area contributed by atoms with Crippen LogP contribution in [0, 0.1) is 0 Å². The summed E-state index contributed by atoms with van der Waals surface area (Å²) >= 11 is 1.80. The number of thioether (sulfide) groups is 1. The molecule has 1 amide bonds. The molecule has 1 atom stereocenters. The van der Waals surface area contributed by atoms with E-state index in [0.29, 0.717) is 23.5 Å². The van der Waals surface area contributed by atoms with E-state index in [-0.39, 0.29) is 29.7 Å². The second kappa shape index (κ2) is 11.0. The fourth-order valence-corrected chi connectivity index (χ4v) is 2.96. The van der Waals surface area contributed by atoms with E-state index in [0.717, 1.165) is 6.54 Å². The van der Waals surface area contributed by atoms with Crippen LogP contribution < -0.4 is 16.4 Å². The molecule has 2 rings (SSSR count). The van der Waals surface area contributed by atoms with Crippen molar-refractivity contribution in [2.45, 2.75) is 23.6 Å². The van der Waals surface area contributed by atoms with E-state index in [1.807, 2.05) is 18.2 Å². The summed E-state index contributed by atoms with van der Waals surface area (Å²) in [5.41, 5.74) is 5.16. The molecule has 1 aromatic carbocycles. The summed E-state index contributed by atoms with van der Waals surface area (Å²) in [5, 5.41) is 6.80. The molecule has 0 aliphatic rings. The number of aliphatic imine (C=N–C) groups is 1. The Balaban J connectivity index is 0.00000312. The average molecular weight is 474 g/mol. The molecule has 1 aromatic heterocycles. The molecule has 2 aromatic rings. The molecule has 25 heavy (non-hydrogen) atoms. The highest BCUT2D eigenvalue weighted by molar-refractivity contribution is 14.0. The Morgan fingerprint density at radius 2 is 1.96 bits per heavy atom. The Morgan fingerprint density at radius 3 is 2.56 bits per heavy atom. The Morgan fingerprint density at radius 1 is 1.24 bits per heavy atom. The van der Waals surface area contributed by atoms with Gasteiger partial charge in [0.25, 0.3) is 5.91 Å². The number of furan rings is 1. The van der Waals surface area contributed by atoms with Crippen LogP contribution in [0.25, 0.3) is 0 Å². The van der Waals surface area contributed by atoms with E-state index in [2.05, 4.69) is 34.7 Å². The van der Waals surface area contributed by atoms with Gasteiger partial charge in [-0.25, -0.2) is 0 Å². The lowest BCUT2D eigenvalue weighted by Crippen LogP contribution is -2.39. The SMILES string of the molecule is CN=C(NCc1ccc(C(N)=O)o1)NCC(C)Sc1ccccc1.I. The van der Waals surface area contributed by atoms with Crippen molar-refractivity contribution in [1.82, 2.24) is 10.6 Å². The van der Waals surface area contributed by atoms with Crippen molar-refractivity contribution in [3.63, 3.8) is 0 Å². The van der Waals surface area contributed by atoms with Gasteiger partial charge < -0.3 is 20.8 Å². The predicted molar refractivity (Wildman–Crippen MR) is 113 cm³/mol. The molecular weight excluding hydrogens is 451 g/mol. The van der Waals surface area contributed by atoms with Crippen LogP contribution in [0.3, 0.4) is 0 Å². The zero-order chi connectivity index (χ0) is 17.4. The molecule has 0 spiro atoms. The first kappa shape index (κ1) is 21.4. The van der Waals surface area contributed by atoms with Crippen LogP contribution in [0.2, 0.25) is 0 Å². The minimum atomic E-state index is -0.574. The van der Waals surface area contributed by atoms with Crippen LogP contribution >= 0.6 is 35.7 Å². The van der Waals surface area contributed by atoms with E-state index in [1.165, 1.54) is 4.90 Å². The summed E-state index contributed by atoms with van der Waals surface area (Å²) in [6.45, 7) is 3.35. The highest BCUT2D eigenvalue weighted by Crippen LogP contribution is 2.21. The lowest BCUT2D eigenvalue weighted by atomic mass is 10.4. The zero-order valence-corrected chi connectivity index (χ0v) is 17.3. The smallest absolute Gasteiger partial charge is 0.284 e. The van der Waals surface area contributed by atoms with Gasteiger partial charge in [0.2, 0.25) is 0 Å². The quantitative estimate of drug-likeness (QED) is 0.249. The molecule has 0 radical (unpaired) electrons. The van der Waals surface area contributed by atoms with E-state index in [4.69, 9.17) is 10.2 Å². The maximum Gasteiger partial charge on any atom is 0.284 e. The van der Waals surface area contributed by atoms with Crippen molar-refractivity contribution in [1.29, 1.82) is 0 Å². The number of carbonyl (C=O) groups excluding carboxylic acids is 1. The van der Waals surface area contributed by atoms with E-state index in [9.17, 15) is 4.79 Å². The largest absolute Gasteiger partial charge is 0.454 e. The number of rotatable bonds is 7. The van der Waals surface area contributed by atoms with Crippen molar-refractivity contribution in [2.24, 2.45) is 10.7 Å². The number of guanidine groups is 1. The van der Waals surface area contributed by atoms with E-state index >= 15 is 0 Å². The molecule has 4 N–H and O–H groups in total. The van der Waals surface area contributed by atoms with Crippen LogP contribution in [0.15, 0.2) is 56.8 Å². The fourth-order valence-electron chi connectivity index (χ4n) is 2.01. The first-order valence-corrected chi connectivity index (χ1v) is 8.51.